The van der Waals surface area contributed by atoms with Gasteiger partial charge in [-0.2, -0.15) is 0 Å². The maximum absolute atomic E-state index is 13.5. The fraction of sp³-hybridized carbons (Fsp3) is 0.0800. The molecule has 0 amide bonds. The van der Waals surface area contributed by atoms with Gasteiger partial charge < -0.3 is 14.5 Å². The van der Waals surface area contributed by atoms with Gasteiger partial charge in [0, 0.05) is 33.8 Å². The van der Waals surface area contributed by atoms with Crippen LogP contribution in [0.25, 0.3) is 10.9 Å². The highest BCUT2D eigenvalue weighted by Gasteiger charge is 2.50. The average Bonchev–Trinajstić information content (AvgIpc) is 3.40. The second kappa shape index (κ2) is 7.25. The van der Waals surface area contributed by atoms with E-state index < -0.39 is 11.5 Å². The summed E-state index contributed by atoms with van der Waals surface area (Å²) >= 11 is 0. The summed E-state index contributed by atoms with van der Waals surface area (Å²) in [6.07, 6.45) is 2.54. The molecule has 2 heterocycles. The highest BCUT2D eigenvalue weighted by atomic mass is 16.6. The van der Waals surface area contributed by atoms with Crippen LogP contribution >= 0.6 is 0 Å². The lowest BCUT2D eigenvalue weighted by molar-refractivity contribution is -0.137. The predicted octanol–water partition coefficient (Wildman–Crippen LogP) is 4.24. The summed E-state index contributed by atoms with van der Waals surface area (Å²) in [5.74, 6) is 0.431. The zero-order valence-corrected chi connectivity index (χ0v) is 16.7. The molecule has 4 aromatic rings. The van der Waals surface area contributed by atoms with E-state index in [0.717, 1.165) is 17.2 Å². The summed E-state index contributed by atoms with van der Waals surface area (Å²) in [7, 11) is 1.59. The van der Waals surface area contributed by atoms with Gasteiger partial charge in [-0.1, -0.05) is 30.3 Å². The molecule has 0 bridgehead atoms. The standard InChI is InChI=1S/C25H18N2O4/c1-30-19-10-8-17(9-11-19)23-27-25(24(29)31-23,18-5-3-2-4-6-18)21-14-26-22-12-7-16(15-28)13-20(21)22/h2-15,26H,1H3. The molecular weight excluding hydrogens is 392 g/mol. The van der Waals surface area contributed by atoms with E-state index in [1.165, 1.54) is 0 Å². The fourth-order valence-electron chi connectivity index (χ4n) is 3.94. The zero-order chi connectivity index (χ0) is 21.4. The molecule has 1 atom stereocenters. The summed E-state index contributed by atoms with van der Waals surface area (Å²) in [5.41, 5.74) is 1.90. The molecule has 6 heteroatoms. The van der Waals surface area contributed by atoms with Crippen molar-refractivity contribution in [1.29, 1.82) is 0 Å². The van der Waals surface area contributed by atoms with Crippen molar-refractivity contribution >= 4 is 29.1 Å². The normalized spacial score (nSPS) is 18.0. The molecule has 0 spiro atoms. The van der Waals surface area contributed by atoms with Crippen LogP contribution < -0.4 is 4.74 Å². The van der Waals surface area contributed by atoms with Crippen LogP contribution in [0.3, 0.4) is 0 Å². The van der Waals surface area contributed by atoms with Gasteiger partial charge >= 0.3 is 5.97 Å². The number of H-pyrrole nitrogens is 1. The molecule has 1 N–H and O–H groups in total. The first kappa shape index (κ1) is 18.8. The van der Waals surface area contributed by atoms with Crippen LogP contribution in [-0.2, 0) is 15.1 Å². The molecule has 0 saturated heterocycles. The molecular formula is C25H18N2O4. The van der Waals surface area contributed by atoms with Gasteiger partial charge in [0.1, 0.15) is 12.0 Å². The Morgan fingerprint density at radius 1 is 1.03 bits per heavy atom. The second-order valence-corrected chi connectivity index (χ2v) is 7.24. The van der Waals surface area contributed by atoms with Gasteiger partial charge in [0.15, 0.2) is 0 Å². The van der Waals surface area contributed by atoms with Crippen molar-refractivity contribution < 1.29 is 19.1 Å². The third kappa shape index (κ3) is 2.92. The molecule has 0 aliphatic carbocycles. The first-order valence-corrected chi connectivity index (χ1v) is 9.74. The van der Waals surface area contributed by atoms with E-state index in [9.17, 15) is 9.59 Å². The quantitative estimate of drug-likeness (QED) is 0.394. The van der Waals surface area contributed by atoms with Gasteiger partial charge in [-0.3, -0.25) is 4.79 Å². The van der Waals surface area contributed by atoms with Crippen LogP contribution in [0.5, 0.6) is 5.75 Å². The van der Waals surface area contributed by atoms with Crippen LogP contribution in [-0.4, -0.2) is 30.2 Å². The fourth-order valence-corrected chi connectivity index (χ4v) is 3.94. The van der Waals surface area contributed by atoms with Crippen molar-refractivity contribution in [2.45, 2.75) is 5.54 Å². The lowest BCUT2D eigenvalue weighted by atomic mass is 9.83. The number of carbonyl (C=O) groups is 2. The van der Waals surface area contributed by atoms with Crippen LogP contribution in [0.15, 0.2) is 84.0 Å². The second-order valence-electron chi connectivity index (χ2n) is 7.24. The third-order valence-electron chi connectivity index (χ3n) is 5.51. The minimum atomic E-state index is -1.39. The van der Waals surface area contributed by atoms with Crippen LogP contribution in [0.2, 0.25) is 0 Å². The Hall–Kier alpha value is -4.19. The number of benzene rings is 3. The number of aldehydes is 1. The van der Waals surface area contributed by atoms with Gasteiger partial charge in [0.05, 0.1) is 7.11 Å². The number of cyclic esters (lactones) is 1. The lowest BCUT2D eigenvalue weighted by Gasteiger charge is -2.22. The smallest absolute Gasteiger partial charge is 0.350 e. The van der Waals surface area contributed by atoms with Crippen molar-refractivity contribution in [2.75, 3.05) is 7.11 Å². The topological polar surface area (TPSA) is 80.8 Å². The van der Waals surface area contributed by atoms with Crippen LogP contribution in [0, 0.1) is 0 Å². The number of methoxy groups -OCH3 is 1. The first-order valence-electron chi connectivity index (χ1n) is 9.74. The Morgan fingerprint density at radius 2 is 1.81 bits per heavy atom. The minimum Gasteiger partial charge on any atom is -0.497 e. The van der Waals surface area contributed by atoms with E-state index in [1.807, 2.05) is 36.4 Å². The molecule has 1 aliphatic heterocycles. The van der Waals surface area contributed by atoms with E-state index in [2.05, 4.69) is 4.98 Å². The Bertz CT molecular complexity index is 1320. The molecule has 0 saturated carbocycles. The number of nitrogens with zero attached hydrogens (tertiary/aromatic N) is 1. The van der Waals surface area contributed by atoms with Crippen LogP contribution in [0.4, 0.5) is 0 Å². The Labute approximate surface area is 178 Å². The van der Waals surface area contributed by atoms with Gasteiger partial charge in [-0.15, -0.1) is 0 Å². The number of aromatic amines is 1. The SMILES string of the molecule is COc1ccc(C2=NC(c3ccccc3)(c3c[nH]c4ccc(C=O)cc34)C(=O)O2)cc1. The number of hydrogen-bond acceptors (Lipinski definition) is 5. The maximum Gasteiger partial charge on any atom is 0.350 e. The van der Waals surface area contributed by atoms with Crippen molar-refractivity contribution in [3.8, 4) is 5.75 Å². The molecule has 1 unspecified atom stereocenters. The van der Waals surface area contributed by atoms with Gasteiger partial charge in [-0.05, 0) is 48.0 Å². The number of nitrogens with one attached hydrogen (secondary N) is 1. The van der Waals surface area contributed by atoms with Crippen molar-refractivity contribution in [1.82, 2.24) is 4.98 Å². The predicted molar refractivity (Wildman–Crippen MR) is 117 cm³/mol. The highest BCUT2D eigenvalue weighted by molar-refractivity contribution is 6.11. The molecule has 152 valence electrons. The summed E-state index contributed by atoms with van der Waals surface area (Å²) in [4.78, 5) is 32.9. The number of fused-ring (bicyclic) bond motifs is 1. The Morgan fingerprint density at radius 3 is 2.52 bits per heavy atom. The number of aliphatic imine (C=N–C) groups is 1. The monoisotopic (exact) mass is 410 g/mol. The van der Waals surface area contributed by atoms with E-state index in [4.69, 9.17) is 14.5 Å². The third-order valence-corrected chi connectivity index (χ3v) is 5.51. The Balaban J connectivity index is 1.76. The molecule has 1 aromatic heterocycles. The zero-order valence-electron chi connectivity index (χ0n) is 16.7. The highest BCUT2D eigenvalue weighted by Crippen LogP contribution is 2.43. The van der Waals surface area contributed by atoms with Gasteiger partial charge in [0.25, 0.3) is 0 Å². The molecule has 6 nitrogen and oxygen atoms in total. The largest absolute Gasteiger partial charge is 0.497 e. The van der Waals surface area contributed by atoms with E-state index in [0.29, 0.717) is 28.0 Å². The summed E-state index contributed by atoms with van der Waals surface area (Å²) < 4.78 is 10.9. The van der Waals surface area contributed by atoms with Gasteiger partial charge in [0.2, 0.25) is 11.4 Å². The number of esters is 1. The number of hydrogen-bond donors (Lipinski definition) is 1. The summed E-state index contributed by atoms with van der Waals surface area (Å²) in [5, 5.41) is 0.741. The van der Waals surface area contributed by atoms with Crippen molar-refractivity contribution in [3.05, 3.63) is 101 Å². The molecule has 3 aromatic carbocycles. The lowest BCUT2D eigenvalue weighted by Crippen LogP contribution is -2.32. The Kier molecular flexibility index (Phi) is 4.40. The molecule has 0 radical (unpaired) electrons. The number of ether oxygens (including phenoxy) is 2. The van der Waals surface area contributed by atoms with E-state index in [1.54, 1.807) is 49.7 Å². The first-order chi connectivity index (χ1) is 15.2. The number of carbonyl (C=O) groups excluding carboxylic acids is 2. The van der Waals surface area contributed by atoms with Crippen LogP contribution in [0.1, 0.15) is 27.0 Å². The molecule has 5 rings (SSSR count). The van der Waals surface area contributed by atoms with E-state index in [-0.39, 0.29) is 5.90 Å². The van der Waals surface area contributed by atoms with E-state index >= 15 is 0 Å². The average molecular weight is 410 g/mol. The number of aromatic nitrogens is 1. The maximum atomic E-state index is 13.5. The molecule has 31 heavy (non-hydrogen) atoms. The van der Waals surface area contributed by atoms with Gasteiger partial charge in [-0.25, -0.2) is 9.79 Å². The molecule has 1 aliphatic rings. The van der Waals surface area contributed by atoms with Crippen molar-refractivity contribution in [3.63, 3.8) is 0 Å². The molecule has 0 fully saturated rings. The minimum absolute atomic E-state index is 0.234. The number of rotatable bonds is 5. The summed E-state index contributed by atoms with van der Waals surface area (Å²) in [6, 6.07) is 21.8. The van der Waals surface area contributed by atoms with Crippen molar-refractivity contribution in [2.24, 2.45) is 4.99 Å². The summed E-state index contributed by atoms with van der Waals surface area (Å²) in [6.45, 7) is 0.